The monoisotopic (exact) mass is 433 g/mol. The topological polar surface area (TPSA) is 121 Å². The molecule has 31 heavy (non-hydrogen) atoms. The predicted octanol–water partition coefficient (Wildman–Crippen LogP) is 0.268. The molecule has 0 radical (unpaired) electrons. The van der Waals surface area contributed by atoms with Gasteiger partial charge in [-0.3, -0.25) is 19.9 Å². The van der Waals surface area contributed by atoms with E-state index in [0.29, 0.717) is 49.1 Å². The number of hydrogen-bond acceptors (Lipinski definition) is 7. The first kappa shape index (κ1) is 22.3. The molecule has 0 spiro atoms. The van der Waals surface area contributed by atoms with Crippen LogP contribution in [0.15, 0.2) is 24.3 Å². The summed E-state index contributed by atoms with van der Waals surface area (Å²) in [5, 5.41) is 3.34. The van der Waals surface area contributed by atoms with Gasteiger partial charge >= 0.3 is 12.1 Å². The number of carbonyl (C=O) groups is 4. The van der Waals surface area contributed by atoms with Crippen molar-refractivity contribution in [3.05, 3.63) is 29.8 Å². The smallest absolute Gasteiger partial charge is 0.409 e. The number of piperazine rings is 1. The second-order valence-electron chi connectivity index (χ2n) is 7.42. The van der Waals surface area contributed by atoms with Gasteiger partial charge in [0.1, 0.15) is 11.3 Å². The molecule has 2 aliphatic rings. The Morgan fingerprint density at radius 3 is 2.55 bits per heavy atom. The fraction of sp³-hybridized carbons (Fsp3) is 0.500. The van der Waals surface area contributed by atoms with E-state index in [9.17, 15) is 19.2 Å². The van der Waals surface area contributed by atoms with Crippen LogP contribution in [0.25, 0.3) is 0 Å². The number of carbonyl (C=O) groups excluding carboxylic acids is 4. The van der Waals surface area contributed by atoms with Crippen LogP contribution in [0.2, 0.25) is 0 Å². The van der Waals surface area contributed by atoms with Gasteiger partial charge in [0, 0.05) is 26.2 Å². The minimum absolute atomic E-state index is 0.0103. The van der Waals surface area contributed by atoms with Crippen molar-refractivity contribution in [2.75, 3.05) is 46.4 Å². The Kier molecular flexibility index (Phi) is 6.64. The molecular formula is C20H27N5O6. The normalized spacial score (nSPS) is 21.6. The number of hydrazine groups is 1. The zero-order valence-electron chi connectivity index (χ0n) is 17.8. The van der Waals surface area contributed by atoms with Gasteiger partial charge in [-0.1, -0.05) is 12.1 Å². The average Bonchev–Trinajstić information content (AvgIpc) is 2.98. The van der Waals surface area contributed by atoms with E-state index in [2.05, 4.69) is 10.7 Å². The first-order chi connectivity index (χ1) is 14.8. The molecule has 5 amide bonds. The molecule has 1 atom stereocenters. The highest BCUT2D eigenvalue weighted by Gasteiger charge is 2.50. The van der Waals surface area contributed by atoms with Gasteiger partial charge in [-0.05, 0) is 31.5 Å². The molecule has 0 aliphatic carbocycles. The van der Waals surface area contributed by atoms with Crippen molar-refractivity contribution < 1.29 is 28.7 Å². The van der Waals surface area contributed by atoms with Crippen molar-refractivity contribution in [2.45, 2.75) is 19.4 Å². The summed E-state index contributed by atoms with van der Waals surface area (Å²) in [5.74, 6) is -0.542. The number of ether oxygens (including phenoxy) is 2. The zero-order chi connectivity index (χ0) is 22.6. The Labute approximate surface area is 180 Å². The number of rotatable bonds is 6. The van der Waals surface area contributed by atoms with Gasteiger partial charge in [0.25, 0.3) is 11.8 Å². The molecule has 11 heteroatoms. The van der Waals surface area contributed by atoms with Crippen molar-refractivity contribution in [1.29, 1.82) is 0 Å². The van der Waals surface area contributed by atoms with Gasteiger partial charge in [-0.25, -0.2) is 9.59 Å². The van der Waals surface area contributed by atoms with Crippen LogP contribution in [0.1, 0.15) is 19.4 Å². The van der Waals surface area contributed by atoms with Gasteiger partial charge in [0.2, 0.25) is 0 Å². The molecule has 2 N–H and O–H groups in total. The minimum atomic E-state index is -1.33. The highest BCUT2D eigenvalue weighted by atomic mass is 16.6. The maximum Gasteiger partial charge on any atom is 0.409 e. The third-order valence-electron chi connectivity index (χ3n) is 5.34. The summed E-state index contributed by atoms with van der Waals surface area (Å²) in [6, 6.07) is 6.10. The van der Waals surface area contributed by atoms with Crippen LogP contribution in [-0.4, -0.2) is 85.2 Å². The summed E-state index contributed by atoms with van der Waals surface area (Å²) < 4.78 is 10.2. The van der Waals surface area contributed by atoms with Crippen molar-refractivity contribution >= 4 is 23.9 Å². The highest BCUT2D eigenvalue weighted by Crippen LogP contribution is 2.30. The van der Waals surface area contributed by atoms with Crippen LogP contribution in [0.4, 0.5) is 9.59 Å². The second-order valence-corrected chi connectivity index (χ2v) is 7.42. The Balaban J connectivity index is 1.58. The lowest BCUT2D eigenvalue weighted by atomic mass is 9.92. The molecule has 0 aromatic heterocycles. The molecule has 168 valence electrons. The van der Waals surface area contributed by atoms with E-state index in [1.165, 1.54) is 7.11 Å². The third-order valence-corrected chi connectivity index (χ3v) is 5.34. The fourth-order valence-corrected chi connectivity index (χ4v) is 3.54. The quantitative estimate of drug-likeness (QED) is 0.618. The molecule has 1 aromatic rings. The standard InChI is InChI=1S/C20H27N5O6/c1-4-31-19(29)24-10-8-23(9-11-24)13-16(26)22-25-17(27)20(2,21-18(25)28)14-6-5-7-15(12-14)30-3/h5-7,12H,4,8-11,13H2,1-3H3,(H,21,28)(H,22,26). The number of urea groups is 1. The Bertz CT molecular complexity index is 869. The van der Waals surface area contributed by atoms with Gasteiger partial charge in [0.15, 0.2) is 0 Å². The number of hydrogen-bond donors (Lipinski definition) is 2. The highest BCUT2D eigenvalue weighted by molar-refractivity contribution is 6.08. The maximum absolute atomic E-state index is 13.0. The lowest BCUT2D eigenvalue weighted by Crippen LogP contribution is -2.54. The predicted molar refractivity (Wildman–Crippen MR) is 109 cm³/mol. The van der Waals surface area contributed by atoms with E-state index in [1.54, 1.807) is 43.0 Å². The van der Waals surface area contributed by atoms with Gasteiger partial charge in [0.05, 0.1) is 20.3 Å². The number of nitrogens with one attached hydrogen (secondary N) is 2. The summed E-state index contributed by atoms with van der Waals surface area (Å²) in [6.07, 6.45) is -0.372. The maximum atomic E-state index is 13.0. The lowest BCUT2D eigenvalue weighted by Gasteiger charge is -2.33. The largest absolute Gasteiger partial charge is 0.497 e. The third kappa shape index (κ3) is 4.71. The number of methoxy groups -OCH3 is 1. The van der Waals surface area contributed by atoms with E-state index in [-0.39, 0.29) is 12.6 Å². The number of nitrogens with zero attached hydrogens (tertiary/aromatic N) is 3. The molecule has 2 saturated heterocycles. The molecule has 0 bridgehead atoms. The lowest BCUT2D eigenvalue weighted by molar-refractivity contribution is -0.139. The molecule has 3 rings (SSSR count). The zero-order valence-corrected chi connectivity index (χ0v) is 17.8. The minimum Gasteiger partial charge on any atom is -0.497 e. The summed E-state index contributed by atoms with van der Waals surface area (Å²) >= 11 is 0. The van der Waals surface area contributed by atoms with E-state index in [4.69, 9.17) is 9.47 Å². The van der Waals surface area contributed by atoms with Crippen molar-refractivity contribution in [1.82, 2.24) is 25.6 Å². The summed E-state index contributed by atoms with van der Waals surface area (Å²) in [4.78, 5) is 53.0. The van der Waals surface area contributed by atoms with Gasteiger partial charge in [-0.2, -0.15) is 5.01 Å². The van der Waals surface area contributed by atoms with Crippen LogP contribution in [0, 0.1) is 0 Å². The van der Waals surface area contributed by atoms with Crippen LogP contribution in [0.3, 0.4) is 0 Å². The first-order valence-electron chi connectivity index (χ1n) is 10.0. The van der Waals surface area contributed by atoms with Crippen LogP contribution in [-0.2, 0) is 19.9 Å². The molecule has 2 aliphatic heterocycles. The van der Waals surface area contributed by atoms with Crippen molar-refractivity contribution in [2.24, 2.45) is 0 Å². The van der Waals surface area contributed by atoms with Crippen molar-refractivity contribution in [3.63, 3.8) is 0 Å². The second kappa shape index (κ2) is 9.21. The molecule has 2 heterocycles. The van der Waals surface area contributed by atoms with E-state index < -0.39 is 23.4 Å². The first-order valence-corrected chi connectivity index (χ1v) is 10.0. The Hall–Kier alpha value is -3.34. The van der Waals surface area contributed by atoms with E-state index in [1.807, 2.05) is 4.90 Å². The molecule has 0 saturated carbocycles. The molecule has 1 unspecified atom stereocenters. The number of benzene rings is 1. The Morgan fingerprint density at radius 1 is 1.19 bits per heavy atom. The molecule has 11 nitrogen and oxygen atoms in total. The average molecular weight is 433 g/mol. The van der Waals surface area contributed by atoms with Crippen LogP contribution in [0.5, 0.6) is 5.75 Å². The van der Waals surface area contributed by atoms with E-state index in [0.717, 1.165) is 0 Å². The van der Waals surface area contributed by atoms with Crippen molar-refractivity contribution in [3.8, 4) is 5.75 Å². The molecule has 2 fully saturated rings. The summed E-state index contributed by atoms with van der Waals surface area (Å²) in [7, 11) is 1.51. The Morgan fingerprint density at radius 2 is 1.90 bits per heavy atom. The number of amides is 5. The van der Waals surface area contributed by atoms with Gasteiger partial charge < -0.3 is 19.7 Å². The molecule has 1 aromatic carbocycles. The summed E-state index contributed by atoms with van der Waals surface area (Å²) in [5.41, 5.74) is 1.60. The summed E-state index contributed by atoms with van der Waals surface area (Å²) in [6.45, 7) is 5.44. The SMILES string of the molecule is CCOC(=O)N1CCN(CC(=O)NN2C(=O)NC(C)(c3cccc(OC)c3)C2=O)CC1. The van der Waals surface area contributed by atoms with Crippen LogP contribution >= 0.6 is 0 Å². The van der Waals surface area contributed by atoms with E-state index >= 15 is 0 Å². The fourth-order valence-electron chi connectivity index (χ4n) is 3.54. The van der Waals surface area contributed by atoms with Crippen LogP contribution < -0.4 is 15.5 Å². The van der Waals surface area contributed by atoms with Gasteiger partial charge in [-0.15, -0.1) is 0 Å². The number of imide groups is 1. The molecular weight excluding hydrogens is 406 g/mol.